The highest BCUT2D eigenvalue weighted by Crippen LogP contribution is 2.07. The van der Waals surface area contributed by atoms with Gasteiger partial charge in [-0.3, -0.25) is 4.98 Å². The third-order valence-corrected chi connectivity index (χ3v) is 2.55. The standard InChI is InChI=1S/C12H22N4/c1-15(2)7-8-16(3)10-11-5-4-6-14-12(11)9-13/h4-6H,7-10,13H2,1-3H3. The Balaban J connectivity index is 2.51. The van der Waals surface area contributed by atoms with Crippen LogP contribution in [-0.2, 0) is 13.1 Å². The molecule has 0 unspecified atom stereocenters. The van der Waals surface area contributed by atoms with Gasteiger partial charge in [0.2, 0.25) is 0 Å². The van der Waals surface area contributed by atoms with E-state index in [0.717, 1.165) is 25.3 Å². The molecule has 1 aromatic heterocycles. The van der Waals surface area contributed by atoms with E-state index in [1.807, 2.05) is 6.07 Å². The second-order valence-electron chi connectivity index (χ2n) is 4.35. The molecule has 4 heteroatoms. The van der Waals surface area contributed by atoms with Crippen LogP contribution in [0.2, 0.25) is 0 Å². The third-order valence-electron chi connectivity index (χ3n) is 2.55. The smallest absolute Gasteiger partial charge is 0.0584 e. The summed E-state index contributed by atoms with van der Waals surface area (Å²) in [6.07, 6.45) is 1.80. The Morgan fingerprint density at radius 1 is 1.25 bits per heavy atom. The Morgan fingerprint density at radius 2 is 2.00 bits per heavy atom. The van der Waals surface area contributed by atoms with Crippen molar-refractivity contribution < 1.29 is 0 Å². The number of hydrogen-bond donors (Lipinski definition) is 1. The summed E-state index contributed by atoms with van der Waals surface area (Å²) in [6.45, 7) is 3.53. The summed E-state index contributed by atoms with van der Waals surface area (Å²) in [5.74, 6) is 0. The van der Waals surface area contributed by atoms with Gasteiger partial charge in [0, 0.05) is 32.4 Å². The van der Waals surface area contributed by atoms with Crippen molar-refractivity contribution in [3.05, 3.63) is 29.6 Å². The minimum absolute atomic E-state index is 0.512. The molecule has 0 radical (unpaired) electrons. The number of pyridine rings is 1. The van der Waals surface area contributed by atoms with Crippen molar-refractivity contribution >= 4 is 0 Å². The Labute approximate surface area is 98.1 Å². The van der Waals surface area contributed by atoms with Crippen LogP contribution >= 0.6 is 0 Å². The van der Waals surface area contributed by atoms with E-state index in [9.17, 15) is 0 Å². The molecule has 1 aromatic rings. The van der Waals surface area contributed by atoms with Gasteiger partial charge >= 0.3 is 0 Å². The molecule has 0 aliphatic rings. The molecule has 0 aromatic carbocycles. The maximum absolute atomic E-state index is 5.66. The monoisotopic (exact) mass is 222 g/mol. The zero-order chi connectivity index (χ0) is 12.0. The zero-order valence-corrected chi connectivity index (χ0v) is 10.5. The van der Waals surface area contributed by atoms with E-state index >= 15 is 0 Å². The summed E-state index contributed by atoms with van der Waals surface area (Å²) in [5.41, 5.74) is 7.89. The van der Waals surface area contributed by atoms with Gasteiger partial charge in [0.1, 0.15) is 0 Å². The van der Waals surface area contributed by atoms with Crippen molar-refractivity contribution in [2.75, 3.05) is 34.2 Å². The number of nitrogens with zero attached hydrogens (tertiary/aromatic N) is 3. The van der Waals surface area contributed by atoms with Gasteiger partial charge in [0.05, 0.1) is 5.69 Å². The first-order valence-corrected chi connectivity index (χ1v) is 5.59. The summed E-state index contributed by atoms with van der Waals surface area (Å²) >= 11 is 0. The van der Waals surface area contributed by atoms with Gasteiger partial charge in [-0.25, -0.2) is 0 Å². The molecule has 0 bridgehead atoms. The van der Waals surface area contributed by atoms with E-state index in [2.05, 4.69) is 42.0 Å². The van der Waals surface area contributed by atoms with Crippen LogP contribution in [0.4, 0.5) is 0 Å². The molecule has 0 amide bonds. The van der Waals surface area contributed by atoms with Crippen molar-refractivity contribution in [2.24, 2.45) is 5.73 Å². The third kappa shape index (κ3) is 4.26. The number of hydrogen-bond acceptors (Lipinski definition) is 4. The Morgan fingerprint density at radius 3 is 2.62 bits per heavy atom. The van der Waals surface area contributed by atoms with Crippen LogP contribution in [0.1, 0.15) is 11.3 Å². The Bertz CT molecular complexity index is 312. The SMILES string of the molecule is CN(C)CCN(C)Cc1cccnc1CN. The molecule has 4 nitrogen and oxygen atoms in total. The van der Waals surface area contributed by atoms with E-state index in [1.165, 1.54) is 5.56 Å². The molecule has 0 aliphatic carbocycles. The van der Waals surface area contributed by atoms with Crippen molar-refractivity contribution in [1.82, 2.24) is 14.8 Å². The van der Waals surface area contributed by atoms with Crippen molar-refractivity contribution in [3.63, 3.8) is 0 Å². The summed E-state index contributed by atoms with van der Waals surface area (Å²) < 4.78 is 0. The number of nitrogens with two attached hydrogens (primary N) is 1. The summed E-state index contributed by atoms with van der Waals surface area (Å²) in [4.78, 5) is 8.76. The Kier molecular flexibility index (Phi) is 5.38. The van der Waals surface area contributed by atoms with E-state index < -0.39 is 0 Å². The van der Waals surface area contributed by atoms with E-state index in [1.54, 1.807) is 6.20 Å². The average Bonchev–Trinajstić information content (AvgIpc) is 2.27. The summed E-state index contributed by atoms with van der Waals surface area (Å²) in [6, 6.07) is 4.07. The first kappa shape index (κ1) is 13.1. The molecule has 16 heavy (non-hydrogen) atoms. The molecule has 0 spiro atoms. The quantitative estimate of drug-likeness (QED) is 0.763. The van der Waals surface area contributed by atoms with Gasteiger partial charge in [-0.2, -0.15) is 0 Å². The van der Waals surface area contributed by atoms with Crippen LogP contribution in [-0.4, -0.2) is 49.0 Å². The fourth-order valence-corrected chi connectivity index (χ4v) is 1.54. The normalized spacial score (nSPS) is 11.4. The minimum atomic E-state index is 0.512. The second-order valence-corrected chi connectivity index (χ2v) is 4.35. The van der Waals surface area contributed by atoms with Crippen LogP contribution in [0.25, 0.3) is 0 Å². The van der Waals surface area contributed by atoms with E-state index in [-0.39, 0.29) is 0 Å². The lowest BCUT2D eigenvalue weighted by Crippen LogP contribution is -2.28. The van der Waals surface area contributed by atoms with Crippen molar-refractivity contribution in [2.45, 2.75) is 13.1 Å². The molecule has 1 heterocycles. The summed E-state index contributed by atoms with van der Waals surface area (Å²) in [7, 11) is 6.29. The average molecular weight is 222 g/mol. The van der Waals surface area contributed by atoms with Crippen LogP contribution in [0, 0.1) is 0 Å². The predicted octanol–water partition coefficient (Wildman–Crippen LogP) is 0.534. The highest BCUT2D eigenvalue weighted by molar-refractivity contribution is 5.19. The zero-order valence-electron chi connectivity index (χ0n) is 10.5. The molecular formula is C12H22N4. The second kappa shape index (κ2) is 6.58. The van der Waals surface area contributed by atoms with Gasteiger partial charge in [0.15, 0.2) is 0 Å². The molecule has 0 fully saturated rings. The van der Waals surface area contributed by atoms with Gasteiger partial charge in [-0.1, -0.05) is 6.07 Å². The maximum atomic E-state index is 5.66. The van der Waals surface area contributed by atoms with Crippen LogP contribution in [0.3, 0.4) is 0 Å². The fraction of sp³-hybridized carbons (Fsp3) is 0.583. The lowest BCUT2D eigenvalue weighted by atomic mass is 10.2. The van der Waals surface area contributed by atoms with Gasteiger partial charge in [0.25, 0.3) is 0 Å². The topological polar surface area (TPSA) is 45.4 Å². The highest BCUT2D eigenvalue weighted by atomic mass is 15.1. The van der Waals surface area contributed by atoms with Crippen molar-refractivity contribution in [1.29, 1.82) is 0 Å². The lowest BCUT2D eigenvalue weighted by Gasteiger charge is -2.20. The van der Waals surface area contributed by atoms with Crippen LogP contribution < -0.4 is 5.73 Å². The van der Waals surface area contributed by atoms with E-state index in [0.29, 0.717) is 6.54 Å². The van der Waals surface area contributed by atoms with Crippen LogP contribution in [0.15, 0.2) is 18.3 Å². The van der Waals surface area contributed by atoms with Gasteiger partial charge in [-0.15, -0.1) is 0 Å². The summed E-state index contributed by atoms with van der Waals surface area (Å²) in [5, 5.41) is 0. The first-order chi connectivity index (χ1) is 7.63. The fourth-order valence-electron chi connectivity index (χ4n) is 1.54. The first-order valence-electron chi connectivity index (χ1n) is 5.59. The van der Waals surface area contributed by atoms with Gasteiger partial charge < -0.3 is 15.5 Å². The molecule has 90 valence electrons. The number of likely N-dealkylation sites (N-methyl/N-ethyl adjacent to an activating group) is 2. The highest BCUT2D eigenvalue weighted by Gasteiger charge is 2.05. The number of rotatable bonds is 6. The Hall–Kier alpha value is -0.970. The van der Waals surface area contributed by atoms with E-state index in [4.69, 9.17) is 5.73 Å². The largest absolute Gasteiger partial charge is 0.325 e. The molecule has 0 aliphatic heterocycles. The van der Waals surface area contributed by atoms with Crippen LogP contribution in [0.5, 0.6) is 0 Å². The lowest BCUT2D eigenvalue weighted by molar-refractivity contribution is 0.275. The molecule has 1 rings (SSSR count). The minimum Gasteiger partial charge on any atom is -0.325 e. The predicted molar refractivity (Wildman–Crippen MR) is 67.0 cm³/mol. The molecular weight excluding hydrogens is 200 g/mol. The van der Waals surface area contributed by atoms with Gasteiger partial charge in [-0.05, 0) is 32.8 Å². The van der Waals surface area contributed by atoms with Crippen molar-refractivity contribution in [3.8, 4) is 0 Å². The maximum Gasteiger partial charge on any atom is 0.0584 e. The molecule has 2 N–H and O–H groups in total. The molecule has 0 atom stereocenters. The number of aromatic nitrogens is 1. The molecule has 0 saturated heterocycles. The molecule has 0 saturated carbocycles.